The lowest BCUT2D eigenvalue weighted by Crippen LogP contribution is -2.31. The molecule has 1 aliphatic rings. The first-order valence-electron chi connectivity index (χ1n) is 10.0. The molecule has 0 saturated carbocycles. The zero-order valence-corrected chi connectivity index (χ0v) is 18.3. The molecule has 4 rings (SSSR count). The van der Waals surface area contributed by atoms with Gasteiger partial charge in [0.2, 0.25) is 15.7 Å². The maximum absolute atomic E-state index is 13.4. The van der Waals surface area contributed by atoms with Gasteiger partial charge in [0, 0.05) is 38.8 Å². The van der Waals surface area contributed by atoms with Gasteiger partial charge < -0.3 is 9.47 Å². The summed E-state index contributed by atoms with van der Waals surface area (Å²) in [6.45, 7) is 7.08. The number of amides is 1. The summed E-state index contributed by atoms with van der Waals surface area (Å²) in [6, 6.07) is 0. The summed E-state index contributed by atoms with van der Waals surface area (Å²) in [5.74, 6) is 0.553. The smallest absolute Gasteiger partial charge is 0.222 e. The predicted octanol–water partition coefficient (Wildman–Crippen LogP) is 1.34. The van der Waals surface area contributed by atoms with Gasteiger partial charge in [0.1, 0.15) is 17.7 Å². The van der Waals surface area contributed by atoms with Crippen LogP contribution in [0.3, 0.4) is 0 Å². The number of sulfone groups is 1. The molecular weight excluding hydrogens is 406 g/mol. The van der Waals surface area contributed by atoms with E-state index in [0.717, 1.165) is 17.8 Å². The number of aromatic nitrogens is 6. The average Bonchev–Trinajstić information content (AvgIpc) is 3.45. The number of rotatable bonds is 5. The van der Waals surface area contributed by atoms with Gasteiger partial charge in [-0.2, -0.15) is 5.10 Å². The first-order chi connectivity index (χ1) is 14.3. The molecule has 1 aliphatic heterocycles. The molecule has 3 aromatic heterocycles. The van der Waals surface area contributed by atoms with E-state index in [2.05, 4.69) is 20.1 Å². The third-order valence-electron chi connectivity index (χ3n) is 5.77. The molecule has 3 aromatic rings. The monoisotopic (exact) mass is 431 g/mol. The van der Waals surface area contributed by atoms with Crippen molar-refractivity contribution in [3.8, 4) is 11.4 Å². The average molecular weight is 432 g/mol. The van der Waals surface area contributed by atoms with Crippen LogP contribution in [0.1, 0.15) is 32.4 Å². The van der Waals surface area contributed by atoms with Crippen molar-refractivity contribution in [1.82, 2.24) is 34.2 Å². The summed E-state index contributed by atoms with van der Waals surface area (Å²) in [4.78, 5) is 26.6. The zero-order valence-electron chi connectivity index (χ0n) is 17.5. The van der Waals surface area contributed by atoms with Crippen LogP contribution in [0.2, 0.25) is 0 Å². The van der Waals surface area contributed by atoms with Crippen LogP contribution in [0.5, 0.6) is 0 Å². The highest BCUT2D eigenvalue weighted by molar-refractivity contribution is 7.92. The van der Waals surface area contributed by atoms with E-state index in [1.54, 1.807) is 29.6 Å². The van der Waals surface area contributed by atoms with Gasteiger partial charge in [-0.3, -0.25) is 9.48 Å². The molecule has 0 bridgehead atoms. The van der Waals surface area contributed by atoms with Crippen LogP contribution in [0.4, 0.5) is 0 Å². The second-order valence-corrected chi connectivity index (χ2v) is 9.60. The van der Waals surface area contributed by atoms with E-state index in [1.807, 2.05) is 18.5 Å². The van der Waals surface area contributed by atoms with Crippen molar-refractivity contribution in [2.45, 2.75) is 50.4 Å². The van der Waals surface area contributed by atoms with Crippen LogP contribution in [0.15, 0.2) is 17.6 Å². The molecule has 0 radical (unpaired) electrons. The molecule has 1 unspecified atom stereocenters. The molecule has 160 valence electrons. The molecule has 0 aliphatic carbocycles. The fourth-order valence-corrected chi connectivity index (χ4v) is 5.71. The highest BCUT2D eigenvalue weighted by atomic mass is 32.2. The van der Waals surface area contributed by atoms with Gasteiger partial charge >= 0.3 is 0 Å². The van der Waals surface area contributed by atoms with Crippen LogP contribution >= 0.6 is 0 Å². The van der Waals surface area contributed by atoms with E-state index in [1.165, 1.54) is 6.33 Å². The van der Waals surface area contributed by atoms with E-state index in [9.17, 15) is 13.2 Å². The van der Waals surface area contributed by atoms with Crippen LogP contribution in [0, 0.1) is 6.92 Å². The number of carbonyl (C=O) groups is 1. The zero-order chi connectivity index (χ0) is 21.6. The Hall–Kier alpha value is -2.82. The topological polar surface area (TPSA) is 116 Å². The van der Waals surface area contributed by atoms with Gasteiger partial charge in [-0.15, -0.1) is 0 Å². The van der Waals surface area contributed by atoms with Crippen molar-refractivity contribution in [1.29, 1.82) is 0 Å². The van der Waals surface area contributed by atoms with Crippen LogP contribution in [0.25, 0.3) is 22.6 Å². The Balaban J connectivity index is 1.79. The van der Waals surface area contributed by atoms with Crippen molar-refractivity contribution in [3.63, 3.8) is 0 Å². The van der Waals surface area contributed by atoms with E-state index in [-0.39, 0.29) is 23.0 Å². The molecule has 1 amide bonds. The summed E-state index contributed by atoms with van der Waals surface area (Å²) < 4.78 is 30.4. The third kappa shape index (κ3) is 3.08. The van der Waals surface area contributed by atoms with Crippen molar-refractivity contribution in [3.05, 3.63) is 18.2 Å². The first kappa shape index (κ1) is 20.5. The first-order valence-corrected chi connectivity index (χ1v) is 11.6. The van der Waals surface area contributed by atoms with E-state index in [4.69, 9.17) is 0 Å². The number of imidazole rings is 1. The Morgan fingerprint density at radius 1 is 1.27 bits per heavy atom. The number of nitrogens with zero attached hydrogens (tertiary/aromatic N) is 7. The number of fused-ring (bicyclic) bond motifs is 1. The van der Waals surface area contributed by atoms with Crippen molar-refractivity contribution >= 4 is 26.9 Å². The van der Waals surface area contributed by atoms with Crippen molar-refractivity contribution < 1.29 is 13.2 Å². The van der Waals surface area contributed by atoms with Gasteiger partial charge in [-0.1, -0.05) is 6.92 Å². The standard InChI is InChI=1S/C19H25N7O3S/c1-5-15(27)25-8-7-13(10-25)30(28,29)19-16-18(20-11-21-19)24(4)17(23-16)14-9-22-26(6-2)12(14)3/h9,11,13H,5-8,10H2,1-4H3. The van der Waals surface area contributed by atoms with Crippen LogP contribution < -0.4 is 0 Å². The molecule has 4 heterocycles. The molecule has 10 nitrogen and oxygen atoms in total. The predicted molar refractivity (Wildman–Crippen MR) is 110 cm³/mol. The van der Waals surface area contributed by atoms with Gasteiger partial charge in [0.15, 0.2) is 10.7 Å². The van der Waals surface area contributed by atoms with E-state index < -0.39 is 15.1 Å². The van der Waals surface area contributed by atoms with Crippen LogP contribution in [-0.4, -0.2) is 66.9 Å². The molecular formula is C19H25N7O3S. The molecule has 0 spiro atoms. The fraction of sp³-hybridized carbons (Fsp3) is 0.526. The lowest BCUT2D eigenvalue weighted by molar-refractivity contribution is -0.129. The maximum atomic E-state index is 13.4. The summed E-state index contributed by atoms with van der Waals surface area (Å²) >= 11 is 0. The highest BCUT2D eigenvalue weighted by Gasteiger charge is 2.38. The van der Waals surface area contributed by atoms with E-state index in [0.29, 0.717) is 30.9 Å². The Morgan fingerprint density at radius 3 is 2.70 bits per heavy atom. The minimum atomic E-state index is -3.78. The number of hydrogen-bond donors (Lipinski definition) is 0. The van der Waals surface area contributed by atoms with Gasteiger partial charge in [0.25, 0.3) is 0 Å². The van der Waals surface area contributed by atoms with Gasteiger partial charge in [-0.05, 0) is 20.3 Å². The largest absolute Gasteiger partial charge is 0.341 e. The summed E-state index contributed by atoms with van der Waals surface area (Å²) in [6.07, 6.45) is 3.74. The van der Waals surface area contributed by atoms with Crippen molar-refractivity contribution in [2.24, 2.45) is 7.05 Å². The normalized spacial score (nSPS) is 17.2. The van der Waals surface area contributed by atoms with Gasteiger partial charge in [-0.25, -0.2) is 23.4 Å². The summed E-state index contributed by atoms with van der Waals surface area (Å²) in [5, 5.41) is 3.59. The van der Waals surface area contributed by atoms with Gasteiger partial charge in [0.05, 0.1) is 17.0 Å². The second-order valence-electron chi connectivity index (χ2n) is 7.45. The Kier molecular flexibility index (Phi) is 5.08. The molecule has 0 N–H and O–H groups in total. The molecule has 1 atom stereocenters. The lowest BCUT2D eigenvalue weighted by Gasteiger charge is -2.15. The maximum Gasteiger partial charge on any atom is 0.222 e. The summed E-state index contributed by atoms with van der Waals surface area (Å²) in [5.41, 5.74) is 2.46. The lowest BCUT2D eigenvalue weighted by atomic mass is 10.2. The number of aryl methyl sites for hydroxylation is 2. The minimum Gasteiger partial charge on any atom is -0.341 e. The fourth-order valence-electron chi connectivity index (χ4n) is 4.00. The second kappa shape index (κ2) is 7.46. The molecule has 11 heteroatoms. The highest BCUT2D eigenvalue weighted by Crippen LogP contribution is 2.30. The number of hydrogen-bond acceptors (Lipinski definition) is 7. The minimum absolute atomic E-state index is 0.0379. The molecule has 1 fully saturated rings. The molecule has 0 aromatic carbocycles. The third-order valence-corrected chi connectivity index (χ3v) is 7.87. The number of carbonyl (C=O) groups excluding carboxylic acids is 1. The Morgan fingerprint density at radius 2 is 2.03 bits per heavy atom. The molecule has 1 saturated heterocycles. The number of likely N-dealkylation sites (tertiary alicyclic amines) is 1. The Bertz CT molecular complexity index is 1230. The van der Waals surface area contributed by atoms with Crippen molar-refractivity contribution in [2.75, 3.05) is 13.1 Å². The Labute approximate surface area is 174 Å². The quantitative estimate of drug-likeness (QED) is 0.560. The SMILES string of the molecule is CCC(=O)N1CCC(S(=O)(=O)c2ncnc3c2nc(-c2cnn(CC)c2C)n3C)C1. The van der Waals surface area contributed by atoms with E-state index >= 15 is 0 Å². The van der Waals surface area contributed by atoms with Crippen LogP contribution in [-0.2, 0) is 28.2 Å². The summed E-state index contributed by atoms with van der Waals surface area (Å²) in [7, 11) is -1.98. The molecule has 30 heavy (non-hydrogen) atoms.